The number of amides is 1. The van der Waals surface area contributed by atoms with Gasteiger partial charge in [-0.2, -0.15) is 5.26 Å². The van der Waals surface area contributed by atoms with Gasteiger partial charge in [-0.3, -0.25) is 4.79 Å². The third-order valence-electron chi connectivity index (χ3n) is 5.59. The molecule has 5 nitrogen and oxygen atoms in total. The summed E-state index contributed by atoms with van der Waals surface area (Å²) in [4.78, 5) is 14.1. The minimum absolute atomic E-state index is 0.0512. The van der Waals surface area contributed by atoms with Crippen LogP contribution in [0.1, 0.15) is 24.0 Å². The van der Waals surface area contributed by atoms with E-state index in [1.165, 1.54) is 6.92 Å². The highest BCUT2D eigenvalue weighted by Crippen LogP contribution is 2.47. The number of carbonyl (C=O) groups is 1. The molecule has 2 aromatic carbocycles. The molecule has 0 aromatic heterocycles. The van der Waals surface area contributed by atoms with E-state index in [0.29, 0.717) is 48.1 Å². The van der Waals surface area contributed by atoms with E-state index in [-0.39, 0.29) is 30.5 Å². The molecule has 1 amide bonds. The third kappa shape index (κ3) is 4.32. The van der Waals surface area contributed by atoms with Crippen LogP contribution >= 0.6 is 46.4 Å². The summed E-state index contributed by atoms with van der Waals surface area (Å²) in [7, 11) is 0. The van der Waals surface area contributed by atoms with Gasteiger partial charge in [-0.05, 0) is 30.3 Å². The molecule has 2 aliphatic rings. The van der Waals surface area contributed by atoms with Crippen molar-refractivity contribution >= 4 is 58.4 Å². The van der Waals surface area contributed by atoms with E-state index in [4.69, 9.17) is 56.9 Å². The number of allylic oxidation sites excluding steroid dienone is 1. The number of hydrogen-bond acceptors (Lipinski definition) is 4. The predicted molar refractivity (Wildman–Crippen MR) is 131 cm³/mol. The van der Waals surface area contributed by atoms with Crippen molar-refractivity contribution in [3.05, 3.63) is 96.0 Å². The van der Waals surface area contributed by atoms with Gasteiger partial charge >= 0.3 is 0 Å². The lowest BCUT2D eigenvalue weighted by molar-refractivity contribution is -0.128. The van der Waals surface area contributed by atoms with Crippen molar-refractivity contribution in [2.24, 2.45) is 5.73 Å². The van der Waals surface area contributed by atoms with E-state index < -0.39 is 5.92 Å². The van der Waals surface area contributed by atoms with Gasteiger partial charge in [0, 0.05) is 62.4 Å². The van der Waals surface area contributed by atoms with Gasteiger partial charge in [-0.1, -0.05) is 58.5 Å². The fourth-order valence-electron chi connectivity index (χ4n) is 4.03. The van der Waals surface area contributed by atoms with Gasteiger partial charge in [0.05, 0.1) is 5.92 Å². The van der Waals surface area contributed by atoms with Crippen LogP contribution < -0.4 is 5.73 Å². The Morgan fingerprint density at radius 1 is 1.09 bits per heavy atom. The molecule has 0 spiro atoms. The van der Waals surface area contributed by atoms with Crippen molar-refractivity contribution < 1.29 is 9.53 Å². The van der Waals surface area contributed by atoms with Crippen LogP contribution in [0.25, 0.3) is 6.08 Å². The Morgan fingerprint density at radius 2 is 1.67 bits per heavy atom. The SMILES string of the molecule is CC(=O)N1CC2=C(OC(N)=C(C#N)C2c2c(Cl)cccc2Cl)/C(=C/c2c(Cl)cccc2Cl)C1. The second-order valence-corrected chi connectivity index (χ2v) is 9.22. The van der Waals surface area contributed by atoms with Gasteiger partial charge in [0.25, 0.3) is 0 Å². The number of nitrogens with zero attached hydrogens (tertiary/aromatic N) is 2. The smallest absolute Gasteiger partial charge is 0.220 e. The number of hydrogen-bond donors (Lipinski definition) is 1. The van der Waals surface area contributed by atoms with Gasteiger partial charge in [0.15, 0.2) is 0 Å². The summed E-state index contributed by atoms with van der Waals surface area (Å²) in [6.07, 6.45) is 1.77. The lowest BCUT2D eigenvalue weighted by Gasteiger charge is -2.38. The van der Waals surface area contributed by atoms with Crippen molar-refractivity contribution in [2.45, 2.75) is 12.8 Å². The molecule has 168 valence electrons. The molecule has 0 radical (unpaired) electrons. The normalized spacial score (nSPS) is 19.3. The molecule has 0 aliphatic carbocycles. The minimum Gasteiger partial charge on any atom is -0.440 e. The lowest BCUT2D eigenvalue weighted by Crippen LogP contribution is -2.40. The largest absolute Gasteiger partial charge is 0.440 e. The summed E-state index contributed by atoms with van der Waals surface area (Å²) in [6.45, 7) is 1.93. The highest BCUT2D eigenvalue weighted by molar-refractivity contribution is 6.37. The van der Waals surface area contributed by atoms with E-state index in [1.807, 2.05) is 0 Å². The molecule has 2 aromatic rings. The number of nitrogens with two attached hydrogens (primary N) is 1. The highest BCUT2D eigenvalue weighted by Gasteiger charge is 2.40. The molecular formula is C24H17Cl4N3O2. The lowest BCUT2D eigenvalue weighted by atomic mass is 9.80. The summed E-state index contributed by atoms with van der Waals surface area (Å²) < 4.78 is 5.95. The quantitative estimate of drug-likeness (QED) is 0.503. The Hall–Kier alpha value is -2.62. The Bertz CT molecular complexity index is 1270. The number of carbonyl (C=O) groups excluding carboxylic acids is 1. The van der Waals surface area contributed by atoms with Crippen LogP contribution in [-0.2, 0) is 9.53 Å². The van der Waals surface area contributed by atoms with Crippen molar-refractivity contribution in [3.63, 3.8) is 0 Å². The summed E-state index contributed by atoms with van der Waals surface area (Å²) in [5.41, 5.74) is 8.74. The molecule has 33 heavy (non-hydrogen) atoms. The van der Waals surface area contributed by atoms with Crippen LogP contribution in [-0.4, -0.2) is 23.9 Å². The van der Waals surface area contributed by atoms with Crippen LogP contribution in [0.3, 0.4) is 0 Å². The molecule has 0 fully saturated rings. The molecule has 4 rings (SSSR count). The van der Waals surface area contributed by atoms with Gasteiger partial charge in [0.2, 0.25) is 11.8 Å². The summed E-state index contributed by atoms with van der Waals surface area (Å²) in [5.74, 6) is -0.444. The topological polar surface area (TPSA) is 79.3 Å². The van der Waals surface area contributed by atoms with Crippen LogP contribution in [0, 0.1) is 11.3 Å². The van der Waals surface area contributed by atoms with E-state index >= 15 is 0 Å². The van der Waals surface area contributed by atoms with Crippen LogP contribution in [0.15, 0.2) is 64.8 Å². The van der Waals surface area contributed by atoms with E-state index in [1.54, 1.807) is 47.4 Å². The summed E-state index contributed by atoms with van der Waals surface area (Å²) >= 11 is 25.8. The van der Waals surface area contributed by atoms with Crippen LogP contribution in [0.2, 0.25) is 20.1 Å². The van der Waals surface area contributed by atoms with Crippen LogP contribution in [0.5, 0.6) is 0 Å². The molecule has 1 unspecified atom stereocenters. The van der Waals surface area contributed by atoms with E-state index in [2.05, 4.69) is 6.07 Å². The van der Waals surface area contributed by atoms with Crippen molar-refractivity contribution in [3.8, 4) is 6.07 Å². The van der Waals surface area contributed by atoms with Gasteiger partial charge in [0.1, 0.15) is 17.4 Å². The second-order valence-electron chi connectivity index (χ2n) is 7.59. The molecule has 1 atom stereocenters. The predicted octanol–water partition coefficient (Wildman–Crippen LogP) is 6.31. The zero-order valence-electron chi connectivity index (χ0n) is 17.3. The fraction of sp³-hybridized carbons (Fsp3) is 0.167. The first-order valence-corrected chi connectivity index (χ1v) is 11.4. The molecule has 9 heteroatoms. The first kappa shape index (κ1) is 23.5. The second kappa shape index (κ2) is 9.32. The molecular weight excluding hydrogens is 504 g/mol. The highest BCUT2D eigenvalue weighted by atomic mass is 35.5. The molecule has 0 bridgehead atoms. The summed E-state index contributed by atoms with van der Waals surface area (Å²) in [6, 6.07) is 12.4. The Morgan fingerprint density at radius 3 is 2.21 bits per heavy atom. The first-order valence-electron chi connectivity index (χ1n) is 9.88. The Kier molecular flexibility index (Phi) is 6.65. The zero-order chi connectivity index (χ0) is 23.9. The minimum atomic E-state index is -0.688. The average molecular weight is 521 g/mol. The van der Waals surface area contributed by atoms with Gasteiger partial charge in [-0.15, -0.1) is 0 Å². The van der Waals surface area contributed by atoms with E-state index in [0.717, 1.165) is 0 Å². The number of benzene rings is 2. The molecule has 2 aliphatic heterocycles. The van der Waals surface area contributed by atoms with Gasteiger partial charge < -0.3 is 15.4 Å². The zero-order valence-corrected chi connectivity index (χ0v) is 20.4. The monoisotopic (exact) mass is 519 g/mol. The van der Waals surface area contributed by atoms with Crippen molar-refractivity contribution in [1.82, 2.24) is 4.90 Å². The average Bonchev–Trinajstić information content (AvgIpc) is 2.76. The Balaban J connectivity index is 1.99. The standard InChI is InChI=1S/C24H17Cl4N3O2/c1-12(32)31-10-13(8-14-17(25)4-2-5-18(14)26)23-16(11-31)21(15(9-29)24(30)33-23)22-19(27)6-3-7-20(22)28/h2-8,21H,10-11,30H2,1H3/b13-8+. The van der Waals surface area contributed by atoms with Crippen molar-refractivity contribution in [1.29, 1.82) is 5.26 Å². The number of ether oxygens (including phenoxy) is 1. The van der Waals surface area contributed by atoms with Crippen molar-refractivity contribution in [2.75, 3.05) is 13.1 Å². The van der Waals surface area contributed by atoms with Gasteiger partial charge in [-0.25, -0.2) is 0 Å². The molecule has 2 N–H and O–H groups in total. The maximum absolute atomic E-state index is 12.4. The number of halogens is 4. The summed E-state index contributed by atoms with van der Waals surface area (Å²) in [5, 5.41) is 11.5. The van der Waals surface area contributed by atoms with E-state index in [9.17, 15) is 10.1 Å². The molecule has 0 saturated carbocycles. The molecule has 0 saturated heterocycles. The first-order chi connectivity index (χ1) is 15.7. The maximum Gasteiger partial charge on any atom is 0.220 e. The number of rotatable bonds is 2. The van der Waals surface area contributed by atoms with Crippen LogP contribution in [0.4, 0.5) is 0 Å². The number of nitriles is 1. The Labute approximate surface area is 211 Å². The molecule has 2 heterocycles. The maximum atomic E-state index is 12.4. The fourth-order valence-corrected chi connectivity index (χ4v) is 5.16. The third-order valence-corrected chi connectivity index (χ3v) is 6.91.